The fraction of sp³-hybridized carbons (Fsp3) is 0.226. The first-order valence-electron chi connectivity index (χ1n) is 12.7. The number of carbonyl (C=O) groups is 1. The summed E-state index contributed by atoms with van der Waals surface area (Å²) in [6.07, 6.45) is -9.68. The van der Waals surface area contributed by atoms with E-state index in [2.05, 4.69) is 9.72 Å². The molecule has 0 aliphatic carbocycles. The molecular weight excluding hydrogens is 561 g/mol. The molecule has 42 heavy (non-hydrogen) atoms. The molecule has 4 rings (SSSR count). The first-order chi connectivity index (χ1) is 19.8. The lowest BCUT2D eigenvalue weighted by Crippen LogP contribution is -2.19. The van der Waals surface area contributed by atoms with E-state index in [-0.39, 0.29) is 39.4 Å². The Labute approximate surface area is 238 Å². The summed E-state index contributed by atoms with van der Waals surface area (Å²) < 4.78 is 78.2. The van der Waals surface area contributed by atoms with Crippen LogP contribution in [-0.2, 0) is 10.9 Å². The molecule has 2 unspecified atom stereocenters. The van der Waals surface area contributed by atoms with Gasteiger partial charge in [-0.05, 0) is 65.6 Å². The fourth-order valence-corrected chi connectivity index (χ4v) is 4.51. The van der Waals surface area contributed by atoms with Gasteiger partial charge in [0.15, 0.2) is 5.75 Å². The summed E-state index contributed by atoms with van der Waals surface area (Å²) in [5.74, 6) is -1.88. The SMILES string of the molecule is COC(=O)Oc1c(-c2ccc(F)cc2)nc(C(C)C)c(C(O)C(O)c2cccc(C(F)(F)F)c2)c1-c1ccc(F)cc1. The Kier molecular flexibility index (Phi) is 8.93. The molecule has 0 bridgehead atoms. The summed E-state index contributed by atoms with van der Waals surface area (Å²) in [5, 5.41) is 22.8. The molecule has 4 aromatic rings. The van der Waals surface area contributed by atoms with Crippen LogP contribution in [0.5, 0.6) is 5.75 Å². The van der Waals surface area contributed by atoms with Gasteiger partial charge in [0.05, 0.1) is 18.4 Å². The van der Waals surface area contributed by atoms with Crippen molar-refractivity contribution in [3.05, 3.63) is 107 Å². The number of pyridine rings is 1. The first-order valence-corrected chi connectivity index (χ1v) is 12.7. The maximum absolute atomic E-state index is 14.0. The van der Waals surface area contributed by atoms with Crippen LogP contribution in [-0.4, -0.2) is 28.5 Å². The van der Waals surface area contributed by atoms with E-state index < -0.39 is 47.7 Å². The second-order valence-corrected chi connectivity index (χ2v) is 9.70. The van der Waals surface area contributed by atoms with E-state index in [1.165, 1.54) is 30.3 Å². The van der Waals surface area contributed by atoms with Gasteiger partial charge in [0.1, 0.15) is 29.5 Å². The summed E-state index contributed by atoms with van der Waals surface area (Å²) >= 11 is 0. The number of rotatable bonds is 7. The van der Waals surface area contributed by atoms with Gasteiger partial charge in [-0.15, -0.1) is 0 Å². The minimum atomic E-state index is -4.71. The van der Waals surface area contributed by atoms with E-state index in [1.54, 1.807) is 13.8 Å². The van der Waals surface area contributed by atoms with E-state index in [0.717, 1.165) is 43.5 Å². The minimum absolute atomic E-state index is 0.00282. The van der Waals surface area contributed by atoms with Gasteiger partial charge >= 0.3 is 12.3 Å². The zero-order valence-corrected chi connectivity index (χ0v) is 22.6. The molecule has 0 aliphatic heterocycles. The van der Waals surface area contributed by atoms with E-state index >= 15 is 0 Å². The predicted octanol–water partition coefficient (Wildman–Crippen LogP) is 7.75. The van der Waals surface area contributed by atoms with Gasteiger partial charge in [-0.25, -0.2) is 18.6 Å². The summed E-state index contributed by atoms with van der Waals surface area (Å²) in [4.78, 5) is 17.1. The monoisotopic (exact) mass is 587 g/mol. The third kappa shape index (κ3) is 6.42. The Bertz CT molecular complexity index is 1570. The van der Waals surface area contributed by atoms with Crippen LogP contribution in [0.4, 0.5) is 26.7 Å². The highest BCUT2D eigenvalue weighted by Crippen LogP contribution is 2.48. The maximum Gasteiger partial charge on any atom is 0.513 e. The number of carbonyl (C=O) groups excluding carboxylic acids is 1. The van der Waals surface area contributed by atoms with Crippen molar-refractivity contribution in [2.75, 3.05) is 7.11 Å². The van der Waals surface area contributed by atoms with Gasteiger partial charge in [-0.1, -0.05) is 38.1 Å². The standard InChI is InChI=1S/C31H26F5NO5/c1-16(2)25-24(28(39)27(38)19-5-4-6-20(15-19)31(34,35)36)23(17-7-11-21(32)12-8-17)29(42-30(40)41-3)26(37-25)18-9-13-22(33)14-10-18/h4-16,27-28,38-39H,1-3H3. The average molecular weight is 588 g/mol. The maximum atomic E-state index is 14.0. The lowest BCUT2D eigenvalue weighted by molar-refractivity contribution is -0.137. The lowest BCUT2D eigenvalue weighted by Gasteiger charge is -2.28. The normalized spacial score (nSPS) is 13.1. The summed E-state index contributed by atoms with van der Waals surface area (Å²) in [7, 11) is 1.06. The second-order valence-electron chi connectivity index (χ2n) is 9.70. The van der Waals surface area contributed by atoms with Crippen LogP contribution < -0.4 is 4.74 Å². The molecule has 220 valence electrons. The highest BCUT2D eigenvalue weighted by molar-refractivity contribution is 5.86. The Morgan fingerprint density at radius 3 is 1.95 bits per heavy atom. The molecule has 0 radical (unpaired) electrons. The highest BCUT2D eigenvalue weighted by atomic mass is 19.4. The van der Waals surface area contributed by atoms with Crippen molar-refractivity contribution >= 4 is 6.16 Å². The van der Waals surface area contributed by atoms with E-state index in [0.29, 0.717) is 11.6 Å². The third-order valence-electron chi connectivity index (χ3n) is 6.52. The molecule has 0 aliphatic rings. The van der Waals surface area contributed by atoms with Crippen LogP contribution in [0.25, 0.3) is 22.4 Å². The predicted molar refractivity (Wildman–Crippen MR) is 144 cm³/mol. The van der Waals surface area contributed by atoms with Crippen LogP contribution in [0.3, 0.4) is 0 Å². The largest absolute Gasteiger partial charge is 0.513 e. The number of aliphatic hydroxyl groups excluding tert-OH is 2. The summed E-state index contributed by atoms with van der Waals surface area (Å²) in [6.45, 7) is 3.44. The number of benzene rings is 3. The molecule has 2 N–H and O–H groups in total. The number of alkyl halides is 3. The number of aromatic nitrogens is 1. The zero-order chi connectivity index (χ0) is 30.8. The van der Waals surface area contributed by atoms with Gasteiger partial charge in [0.25, 0.3) is 0 Å². The number of aliphatic hydroxyl groups is 2. The molecule has 1 heterocycles. The molecular formula is C31H26F5NO5. The Morgan fingerprint density at radius 2 is 1.43 bits per heavy atom. The number of halogens is 5. The quantitative estimate of drug-likeness (QED) is 0.170. The molecule has 1 aromatic heterocycles. The number of nitrogens with zero attached hydrogens (tertiary/aromatic N) is 1. The van der Waals surface area contributed by atoms with Crippen molar-refractivity contribution in [2.45, 2.75) is 38.1 Å². The van der Waals surface area contributed by atoms with Crippen LogP contribution in [0, 0.1) is 11.6 Å². The molecule has 0 saturated carbocycles. The number of hydrogen-bond acceptors (Lipinski definition) is 6. The van der Waals surface area contributed by atoms with Gasteiger partial charge in [-0.2, -0.15) is 13.2 Å². The third-order valence-corrected chi connectivity index (χ3v) is 6.52. The van der Waals surface area contributed by atoms with Crippen molar-refractivity contribution < 1.29 is 46.4 Å². The van der Waals surface area contributed by atoms with Gasteiger partial charge < -0.3 is 19.7 Å². The van der Waals surface area contributed by atoms with Crippen molar-refractivity contribution in [2.24, 2.45) is 0 Å². The van der Waals surface area contributed by atoms with Gasteiger partial charge in [0, 0.05) is 16.7 Å². The van der Waals surface area contributed by atoms with Gasteiger partial charge in [0.2, 0.25) is 0 Å². The van der Waals surface area contributed by atoms with E-state index in [4.69, 9.17) is 4.74 Å². The minimum Gasteiger partial charge on any atom is -0.437 e. The van der Waals surface area contributed by atoms with Crippen molar-refractivity contribution in [1.82, 2.24) is 4.98 Å². The number of methoxy groups -OCH3 is 1. The summed E-state index contributed by atoms with van der Waals surface area (Å²) in [6, 6.07) is 13.8. The second kappa shape index (κ2) is 12.3. The van der Waals surface area contributed by atoms with Crippen LogP contribution >= 0.6 is 0 Å². The first kappa shape index (κ1) is 30.6. The molecule has 11 heteroatoms. The average Bonchev–Trinajstić information content (AvgIpc) is 2.96. The highest BCUT2D eigenvalue weighted by Gasteiger charge is 2.35. The molecule has 0 saturated heterocycles. The summed E-state index contributed by atoms with van der Waals surface area (Å²) in [5.41, 5.74) is -0.613. The van der Waals surface area contributed by atoms with E-state index in [9.17, 15) is 37.0 Å². The van der Waals surface area contributed by atoms with Gasteiger partial charge in [-0.3, -0.25) is 0 Å². The van der Waals surface area contributed by atoms with Crippen LogP contribution in [0.15, 0.2) is 72.8 Å². The number of ether oxygens (including phenoxy) is 2. The molecule has 0 spiro atoms. The lowest BCUT2D eigenvalue weighted by atomic mass is 9.85. The molecule has 0 amide bonds. The smallest absolute Gasteiger partial charge is 0.437 e. The Morgan fingerprint density at radius 1 is 0.857 bits per heavy atom. The zero-order valence-electron chi connectivity index (χ0n) is 22.6. The number of hydrogen-bond donors (Lipinski definition) is 2. The molecule has 0 fully saturated rings. The van der Waals surface area contributed by atoms with E-state index in [1.807, 2.05) is 0 Å². The van der Waals surface area contributed by atoms with Crippen molar-refractivity contribution in [1.29, 1.82) is 0 Å². The molecule has 2 atom stereocenters. The van der Waals surface area contributed by atoms with Crippen molar-refractivity contribution in [3.8, 4) is 28.1 Å². The Hall–Kier alpha value is -4.35. The Balaban J connectivity index is 2.07. The van der Waals surface area contributed by atoms with Crippen LogP contribution in [0.1, 0.15) is 54.4 Å². The van der Waals surface area contributed by atoms with Crippen molar-refractivity contribution in [3.63, 3.8) is 0 Å². The fourth-order valence-electron chi connectivity index (χ4n) is 4.51. The molecule has 3 aromatic carbocycles. The molecule has 6 nitrogen and oxygen atoms in total. The van der Waals surface area contributed by atoms with Crippen LogP contribution in [0.2, 0.25) is 0 Å². The topological polar surface area (TPSA) is 88.9 Å².